The zero-order chi connectivity index (χ0) is 26.0. The Balaban J connectivity index is 1.11. The molecule has 6 heteroatoms. The summed E-state index contributed by atoms with van der Waals surface area (Å²) in [5, 5.41) is 6.10. The van der Waals surface area contributed by atoms with Crippen LogP contribution >= 0.6 is 0 Å². The molecule has 204 valence electrons. The Bertz CT molecular complexity index is 900. The average Bonchev–Trinajstić information content (AvgIpc) is 2.89. The van der Waals surface area contributed by atoms with Gasteiger partial charge in [-0.05, 0) is 105 Å². The van der Waals surface area contributed by atoms with Crippen LogP contribution in [0.4, 0.5) is 0 Å². The molecular formula is C31H48N4O2. The van der Waals surface area contributed by atoms with Crippen LogP contribution in [0, 0.1) is 23.7 Å². The number of amides is 2. The summed E-state index contributed by atoms with van der Waals surface area (Å²) in [7, 11) is 0. The lowest BCUT2D eigenvalue weighted by molar-refractivity contribution is -0.123. The smallest absolute Gasteiger partial charge is 0.251 e. The van der Waals surface area contributed by atoms with E-state index in [9.17, 15) is 9.59 Å². The molecule has 1 aliphatic heterocycles. The molecule has 0 spiro atoms. The first-order valence-electron chi connectivity index (χ1n) is 15.0. The Labute approximate surface area is 223 Å². The molecule has 1 aromatic carbocycles. The summed E-state index contributed by atoms with van der Waals surface area (Å²) in [6.45, 7) is 13.5. The molecule has 2 amide bonds. The van der Waals surface area contributed by atoms with Crippen LogP contribution in [-0.4, -0.2) is 73.5 Å². The van der Waals surface area contributed by atoms with E-state index in [2.05, 4.69) is 39.5 Å². The summed E-state index contributed by atoms with van der Waals surface area (Å²) in [5.74, 6) is 2.52. The first-order chi connectivity index (χ1) is 17.8. The van der Waals surface area contributed by atoms with Crippen LogP contribution in [0.25, 0.3) is 0 Å². The molecule has 5 fully saturated rings. The number of nitrogens with zero attached hydrogens (tertiary/aromatic N) is 2. The molecule has 4 saturated carbocycles. The summed E-state index contributed by atoms with van der Waals surface area (Å²) in [6, 6.07) is 7.84. The third-order valence-electron chi connectivity index (χ3n) is 9.90. The van der Waals surface area contributed by atoms with Crippen molar-refractivity contribution in [3.05, 3.63) is 35.4 Å². The number of hydrogen-bond donors (Lipinski definition) is 2. The van der Waals surface area contributed by atoms with Gasteiger partial charge >= 0.3 is 0 Å². The highest BCUT2D eigenvalue weighted by Gasteiger charge is 2.51. The quantitative estimate of drug-likeness (QED) is 0.468. The van der Waals surface area contributed by atoms with Gasteiger partial charge in [0.1, 0.15) is 6.04 Å². The Morgan fingerprint density at radius 2 is 1.49 bits per heavy atom. The lowest BCUT2D eigenvalue weighted by Crippen LogP contribution is -2.50. The molecule has 0 unspecified atom stereocenters. The molecule has 5 aliphatic rings. The summed E-state index contributed by atoms with van der Waals surface area (Å²) in [6.07, 6.45) is 9.23. The standard InChI is InChI=1S/C31H48N4O2/c1-4-34-12-14-35(15-13-34)11-5-10-32-30(37)28(22(2)3)33-29(36)26-6-8-27(9-7-26)31-19-23-16-24(20-31)18-25(17-23)21-31/h6-9,22-25,28H,4-5,10-21H2,1-3H3,(H,32,37)(H,33,36)/t23?,24?,25?,28-,31?/m0/s1. The van der Waals surface area contributed by atoms with Gasteiger partial charge in [-0.1, -0.05) is 32.9 Å². The Hall–Kier alpha value is -1.92. The molecule has 6 nitrogen and oxygen atoms in total. The van der Waals surface area contributed by atoms with E-state index < -0.39 is 6.04 Å². The highest BCUT2D eigenvalue weighted by atomic mass is 16.2. The fourth-order valence-electron chi connectivity index (χ4n) is 8.15. The third-order valence-corrected chi connectivity index (χ3v) is 9.90. The van der Waals surface area contributed by atoms with Crippen molar-refractivity contribution in [1.29, 1.82) is 0 Å². The van der Waals surface area contributed by atoms with E-state index in [1.807, 2.05) is 26.0 Å². The SMILES string of the molecule is CCN1CCN(CCCNC(=O)[C@@H](NC(=O)c2ccc(C34CC5CC(CC(C5)C3)C4)cc2)C(C)C)CC1. The molecule has 1 aromatic rings. The van der Waals surface area contributed by atoms with Gasteiger partial charge in [0, 0.05) is 38.3 Å². The van der Waals surface area contributed by atoms with Gasteiger partial charge in [-0.15, -0.1) is 0 Å². The number of benzene rings is 1. The topological polar surface area (TPSA) is 64.7 Å². The molecule has 4 aliphatic carbocycles. The van der Waals surface area contributed by atoms with Crippen molar-refractivity contribution < 1.29 is 9.59 Å². The predicted octanol–water partition coefficient (Wildman–Crippen LogP) is 4.05. The lowest BCUT2D eigenvalue weighted by atomic mass is 9.48. The normalized spacial score (nSPS) is 30.4. The molecule has 2 N–H and O–H groups in total. The van der Waals surface area contributed by atoms with Crippen molar-refractivity contribution in [1.82, 2.24) is 20.4 Å². The highest BCUT2D eigenvalue weighted by molar-refractivity contribution is 5.97. The minimum Gasteiger partial charge on any atom is -0.354 e. The molecule has 0 aromatic heterocycles. The van der Waals surface area contributed by atoms with E-state index in [0.29, 0.717) is 17.5 Å². The second-order valence-electron chi connectivity index (χ2n) is 12.9. The Morgan fingerprint density at radius 3 is 2.03 bits per heavy atom. The molecule has 6 rings (SSSR count). The average molecular weight is 509 g/mol. The number of carbonyl (C=O) groups excluding carboxylic acids is 2. The highest BCUT2D eigenvalue weighted by Crippen LogP contribution is 2.60. The first-order valence-corrected chi connectivity index (χ1v) is 15.0. The second-order valence-corrected chi connectivity index (χ2v) is 12.9. The van der Waals surface area contributed by atoms with Gasteiger partial charge in [-0.25, -0.2) is 0 Å². The van der Waals surface area contributed by atoms with E-state index in [0.717, 1.165) is 63.4 Å². The van der Waals surface area contributed by atoms with Crippen LogP contribution in [0.2, 0.25) is 0 Å². The zero-order valence-electron chi connectivity index (χ0n) is 23.3. The van der Waals surface area contributed by atoms with Gasteiger partial charge in [0.15, 0.2) is 0 Å². The number of nitrogens with one attached hydrogen (secondary N) is 2. The van der Waals surface area contributed by atoms with Crippen LogP contribution in [-0.2, 0) is 10.2 Å². The minimum absolute atomic E-state index is 0.0253. The Morgan fingerprint density at radius 1 is 0.919 bits per heavy atom. The molecule has 4 bridgehead atoms. The predicted molar refractivity (Wildman–Crippen MR) is 149 cm³/mol. The minimum atomic E-state index is -0.525. The molecule has 1 atom stereocenters. The van der Waals surface area contributed by atoms with E-state index in [-0.39, 0.29) is 17.7 Å². The first kappa shape index (κ1) is 26.7. The van der Waals surface area contributed by atoms with Crippen LogP contribution in [0.15, 0.2) is 24.3 Å². The zero-order valence-corrected chi connectivity index (χ0v) is 23.3. The van der Waals surface area contributed by atoms with E-state index >= 15 is 0 Å². The summed E-state index contributed by atoms with van der Waals surface area (Å²) in [4.78, 5) is 31.0. The summed E-state index contributed by atoms with van der Waals surface area (Å²) < 4.78 is 0. The van der Waals surface area contributed by atoms with Gasteiger partial charge in [-0.3, -0.25) is 9.59 Å². The van der Waals surface area contributed by atoms with Crippen LogP contribution in [0.3, 0.4) is 0 Å². The number of carbonyl (C=O) groups is 2. The number of piperazine rings is 1. The lowest BCUT2D eigenvalue weighted by Gasteiger charge is -2.57. The monoisotopic (exact) mass is 508 g/mol. The fourth-order valence-corrected chi connectivity index (χ4v) is 8.15. The maximum Gasteiger partial charge on any atom is 0.251 e. The maximum atomic E-state index is 13.1. The second kappa shape index (κ2) is 11.4. The largest absolute Gasteiger partial charge is 0.354 e. The van der Waals surface area contributed by atoms with Crippen molar-refractivity contribution in [3.8, 4) is 0 Å². The van der Waals surface area contributed by atoms with Crippen LogP contribution in [0.5, 0.6) is 0 Å². The fraction of sp³-hybridized carbons (Fsp3) is 0.742. The number of likely N-dealkylation sites (N-methyl/N-ethyl adjacent to an activating group) is 1. The van der Waals surface area contributed by atoms with Gasteiger partial charge in [0.2, 0.25) is 5.91 Å². The summed E-state index contributed by atoms with van der Waals surface area (Å²) >= 11 is 0. The van der Waals surface area contributed by atoms with Crippen molar-refractivity contribution in [2.24, 2.45) is 23.7 Å². The number of rotatable bonds is 10. The van der Waals surface area contributed by atoms with E-state index in [4.69, 9.17) is 0 Å². The van der Waals surface area contributed by atoms with Crippen LogP contribution in [0.1, 0.15) is 81.6 Å². The van der Waals surface area contributed by atoms with Gasteiger partial charge < -0.3 is 20.4 Å². The van der Waals surface area contributed by atoms with Gasteiger partial charge in [-0.2, -0.15) is 0 Å². The molecular weight excluding hydrogens is 460 g/mol. The van der Waals surface area contributed by atoms with E-state index in [1.54, 1.807) is 0 Å². The maximum absolute atomic E-state index is 13.1. The number of hydrogen-bond acceptors (Lipinski definition) is 4. The van der Waals surface area contributed by atoms with E-state index in [1.165, 1.54) is 44.1 Å². The van der Waals surface area contributed by atoms with Crippen molar-refractivity contribution >= 4 is 11.8 Å². The van der Waals surface area contributed by atoms with Gasteiger partial charge in [0.25, 0.3) is 5.91 Å². The van der Waals surface area contributed by atoms with Crippen molar-refractivity contribution in [2.45, 2.75) is 77.2 Å². The molecule has 37 heavy (non-hydrogen) atoms. The molecule has 1 saturated heterocycles. The molecule has 0 radical (unpaired) electrons. The van der Waals surface area contributed by atoms with Crippen molar-refractivity contribution in [3.63, 3.8) is 0 Å². The Kier molecular flexibility index (Phi) is 8.25. The van der Waals surface area contributed by atoms with Crippen molar-refractivity contribution in [2.75, 3.05) is 45.8 Å². The van der Waals surface area contributed by atoms with Crippen LogP contribution < -0.4 is 10.6 Å². The summed E-state index contributed by atoms with van der Waals surface area (Å²) in [5.41, 5.74) is 2.42. The molecule has 1 heterocycles. The third kappa shape index (κ3) is 6.06. The van der Waals surface area contributed by atoms with Gasteiger partial charge in [0.05, 0.1) is 0 Å².